The van der Waals surface area contributed by atoms with Crippen molar-refractivity contribution in [2.75, 3.05) is 19.6 Å². The van der Waals surface area contributed by atoms with Crippen molar-refractivity contribution in [2.45, 2.75) is 6.42 Å². The fourth-order valence-corrected chi connectivity index (χ4v) is 1.74. The minimum atomic E-state index is -0.0664. The molecule has 1 aliphatic heterocycles. The maximum atomic E-state index is 11.4. The van der Waals surface area contributed by atoms with Crippen molar-refractivity contribution >= 4 is 12.0 Å². The molecule has 0 radical (unpaired) electrons. The van der Waals surface area contributed by atoms with Crippen LogP contribution in [0, 0.1) is 5.92 Å². The van der Waals surface area contributed by atoms with Crippen molar-refractivity contribution in [3.8, 4) is 0 Å². The molecule has 1 aromatic rings. The van der Waals surface area contributed by atoms with Gasteiger partial charge in [-0.1, -0.05) is 0 Å². The van der Waals surface area contributed by atoms with Gasteiger partial charge >= 0.3 is 0 Å². The summed E-state index contributed by atoms with van der Waals surface area (Å²) in [5.41, 5.74) is 0. The molecule has 86 valence electrons. The Labute approximate surface area is 94.7 Å². The zero-order chi connectivity index (χ0) is 11.2. The second-order valence-corrected chi connectivity index (χ2v) is 3.95. The van der Waals surface area contributed by atoms with Gasteiger partial charge in [0.15, 0.2) is 0 Å². The quantitative estimate of drug-likeness (QED) is 0.745. The van der Waals surface area contributed by atoms with Crippen LogP contribution in [0.25, 0.3) is 6.08 Å². The van der Waals surface area contributed by atoms with E-state index >= 15 is 0 Å². The van der Waals surface area contributed by atoms with Crippen molar-refractivity contribution in [1.29, 1.82) is 0 Å². The number of carbonyl (C=O) groups is 1. The van der Waals surface area contributed by atoms with E-state index in [1.807, 2.05) is 6.07 Å². The van der Waals surface area contributed by atoms with Gasteiger partial charge in [-0.3, -0.25) is 4.79 Å². The summed E-state index contributed by atoms with van der Waals surface area (Å²) in [5, 5.41) is 6.15. The van der Waals surface area contributed by atoms with Gasteiger partial charge in [0.1, 0.15) is 5.76 Å². The normalized spacial score (nSPS) is 20.4. The summed E-state index contributed by atoms with van der Waals surface area (Å²) >= 11 is 0. The van der Waals surface area contributed by atoms with E-state index in [0.29, 0.717) is 11.7 Å². The zero-order valence-corrected chi connectivity index (χ0v) is 9.11. The number of nitrogens with one attached hydrogen (secondary N) is 2. The van der Waals surface area contributed by atoms with Gasteiger partial charge in [0.05, 0.1) is 6.26 Å². The average molecular weight is 220 g/mol. The summed E-state index contributed by atoms with van der Waals surface area (Å²) in [7, 11) is 0. The SMILES string of the molecule is O=C(/C=C/c1ccco1)NCC1CCNC1. The molecule has 0 aromatic carbocycles. The highest BCUT2D eigenvalue weighted by Gasteiger charge is 2.14. The van der Waals surface area contributed by atoms with Crippen molar-refractivity contribution in [3.63, 3.8) is 0 Å². The standard InChI is InChI=1S/C12H16N2O2/c15-12(4-3-11-2-1-7-16-11)14-9-10-5-6-13-8-10/h1-4,7,10,13H,5-6,8-9H2,(H,14,15)/b4-3+. The van der Waals surface area contributed by atoms with Gasteiger partial charge in [-0.15, -0.1) is 0 Å². The summed E-state index contributed by atoms with van der Waals surface area (Å²) in [6.07, 6.45) is 5.90. The first-order valence-electron chi connectivity index (χ1n) is 5.55. The number of furan rings is 1. The average Bonchev–Trinajstić information content (AvgIpc) is 2.96. The number of carbonyl (C=O) groups excluding carboxylic acids is 1. The maximum Gasteiger partial charge on any atom is 0.244 e. The fraction of sp³-hybridized carbons (Fsp3) is 0.417. The number of rotatable bonds is 4. The molecular weight excluding hydrogens is 204 g/mol. The van der Waals surface area contributed by atoms with Crippen LogP contribution in [0.5, 0.6) is 0 Å². The maximum absolute atomic E-state index is 11.4. The molecular formula is C12H16N2O2. The van der Waals surface area contributed by atoms with Gasteiger partial charge in [-0.2, -0.15) is 0 Å². The Morgan fingerprint density at radius 2 is 2.62 bits per heavy atom. The molecule has 0 aliphatic carbocycles. The van der Waals surface area contributed by atoms with Crippen molar-refractivity contribution < 1.29 is 9.21 Å². The third-order valence-electron chi connectivity index (χ3n) is 2.67. The summed E-state index contributed by atoms with van der Waals surface area (Å²) < 4.78 is 5.09. The first-order valence-corrected chi connectivity index (χ1v) is 5.55. The van der Waals surface area contributed by atoms with E-state index in [2.05, 4.69) is 10.6 Å². The minimum absolute atomic E-state index is 0.0664. The Morgan fingerprint density at radius 1 is 1.69 bits per heavy atom. The van der Waals surface area contributed by atoms with Crippen LogP contribution >= 0.6 is 0 Å². The second-order valence-electron chi connectivity index (χ2n) is 3.95. The van der Waals surface area contributed by atoms with E-state index in [1.165, 1.54) is 6.08 Å². The van der Waals surface area contributed by atoms with Crippen molar-refractivity contribution in [2.24, 2.45) is 5.92 Å². The van der Waals surface area contributed by atoms with E-state index in [4.69, 9.17) is 4.42 Å². The predicted molar refractivity (Wildman–Crippen MR) is 61.7 cm³/mol. The van der Waals surface area contributed by atoms with Gasteiger partial charge in [0.25, 0.3) is 0 Å². The van der Waals surface area contributed by atoms with Crippen molar-refractivity contribution in [1.82, 2.24) is 10.6 Å². The van der Waals surface area contributed by atoms with Gasteiger partial charge in [0, 0.05) is 12.6 Å². The molecule has 4 heteroatoms. The molecule has 1 fully saturated rings. The first kappa shape index (κ1) is 11.0. The topological polar surface area (TPSA) is 54.3 Å². The Bertz CT molecular complexity index is 351. The molecule has 1 atom stereocenters. The summed E-state index contributed by atoms with van der Waals surface area (Å²) in [6, 6.07) is 3.60. The second kappa shape index (κ2) is 5.51. The fourth-order valence-electron chi connectivity index (χ4n) is 1.74. The molecule has 1 amide bonds. The number of hydrogen-bond donors (Lipinski definition) is 2. The lowest BCUT2D eigenvalue weighted by Crippen LogP contribution is -2.28. The van der Waals surface area contributed by atoms with E-state index in [9.17, 15) is 4.79 Å². The molecule has 1 aliphatic rings. The molecule has 0 bridgehead atoms. The predicted octanol–water partition coefficient (Wildman–Crippen LogP) is 1.02. The highest BCUT2D eigenvalue weighted by molar-refractivity contribution is 5.91. The smallest absolute Gasteiger partial charge is 0.244 e. The number of amides is 1. The Morgan fingerprint density at radius 3 is 3.31 bits per heavy atom. The van der Waals surface area contributed by atoms with Gasteiger partial charge < -0.3 is 15.1 Å². The van der Waals surface area contributed by atoms with Crippen LogP contribution in [0.15, 0.2) is 28.9 Å². The Hall–Kier alpha value is -1.55. The summed E-state index contributed by atoms with van der Waals surface area (Å²) in [4.78, 5) is 11.4. The van der Waals surface area contributed by atoms with Gasteiger partial charge in [-0.25, -0.2) is 0 Å². The summed E-state index contributed by atoms with van der Waals surface area (Å²) in [5.74, 6) is 1.20. The van der Waals surface area contributed by atoms with E-state index < -0.39 is 0 Å². The molecule has 0 spiro atoms. The third-order valence-corrected chi connectivity index (χ3v) is 2.67. The lowest BCUT2D eigenvalue weighted by molar-refractivity contribution is -0.116. The molecule has 1 unspecified atom stereocenters. The van der Waals surface area contributed by atoms with Crippen LogP contribution in [0.1, 0.15) is 12.2 Å². The minimum Gasteiger partial charge on any atom is -0.465 e. The molecule has 2 rings (SSSR count). The molecule has 1 saturated heterocycles. The molecule has 16 heavy (non-hydrogen) atoms. The zero-order valence-electron chi connectivity index (χ0n) is 9.11. The molecule has 0 saturated carbocycles. The van der Waals surface area contributed by atoms with Crippen LogP contribution in [0.3, 0.4) is 0 Å². The Balaban J connectivity index is 1.71. The lowest BCUT2D eigenvalue weighted by Gasteiger charge is -2.07. The monoisotopic (exact) mass is 220 g/mol. The number of hydrogen-bond acceptors (Lipinski definition) is 3. The van der Waals surface area contributed by atoms with E-state index in [1.54, 1.807) is 18.4 Å². The van der Waals surface area contributed by atoms with E-state index in [0.717, 1.165) is 26.1 Å². The molecule has 4 nitrogen and oxygen atoms in total. The third kappa shape index (κ3) is 3.24. The summed E-state index contributed by atoms with van der Waals surface area (Å²) in [6.45, 7) is 2.80. The highest BCUT2D eigenvalue weighted by Crippen LogP contribution is 2.05. The van der Waals surface area contributed by atoms with Crippen LogP contribution in [-0.4, -0.2) is 25.5 Å². The molecule has 2 N–H and O–H groups in total. The van der Waals surface area contributed by atoms with Crippen LogP contribution in [0.4, 0.5) is 0 Å². The highest BCUT2D eigenvalue weighted by atomic mass is 16.3. The molecule has 2 heterocycles. The van der Waals surface area contributed by atoms with Gasteiger partial charge in [0.2, 0.25) is 5.91 Å². The van der Waals surface area contributed by atoms with Crippen molar-refractivity contribution in [3.05, 3.63) is 30.2 Å². The van der Waals surface area contributed by atoms with E-state index in [-0.39, 0.29) is 5.91 Å². The lowest BCUT2D eigenvalue weighted by atomic mass is 10.1. The van der Waals surface area contributed by atoms with Crippen LogP contribution < -0.4 is 10.6 Å². The molecule has 1 aromatic heterocycles. The van der Waals surface area contributed by atoms with Crippen LogP contribution in [0.2, 0.25) is 0 Å². The van der Waals surface area contributed by atoms with Crippen LogP contribution in [-0.2, 0) is 4.79 Å². The van der Waals surface area contributed by atoms with Gasteiger partial charge in [-0.05, 0) is 43.6 Å². The Kier molecular flexibility index (Phi) is 3.77. The largest absolute Gasteiger partial charge is 0.465 e. The first-order chi connectivity index (χ1) is 7.84.